The van der Waals surface area contributed by atoms with Crippen LogP contribution in [0, 0.1) is 0 Å². The van der Waals surface area contributed by atoms with E-state index in [-0.39, 0.29) is 5.78 Å². The van der Waals surface area contributed by atoms with Gasteiger partial charge in [0.25, 0.3) is 0 Å². The number of hydrogen-bond donors (Lipinski definition) is 1. The van der Waals surface area contributed by atoms with Gasteiger partial charge in [-0.1, -0.05) is 12.1 Å². The minimum absolute atomic E-state index is 0.118. The Hall–Kier alpha value is -2.33. The van der Waals surface area contributed by atoms with Crippen LogP contribution in [0.5, 0.6) is 5.75 Å². The Labute approximate surface area is 130 Å². The molecule has 0 amide bonds. The number of nitrogens with zero attached hydrogens (tertiary/aromatic N) is 1. The molecule has 4 nitrogen and oxygen atoms in total. The molecule has 0 unspecified atom stereocenters. The lowest BCUT2D eigenvalue weighted by molar-refractivity contribution is 0.101. The predicted octanol–water partition coefficient (Wildman–Crippen LogP) is 2.87. The van der Waals surface area contributed by atoms with Gasteiger partial charge in [0.05, 0.1) is 0 Å². The Balaban J connectivity index is 1.53. The van der Waals surface area contributed by atoms with Crippen LogP contribution in [0.3, 0.4) is 0 Å². The number of carbonyl (C=O) groups excluding carboxylic acids is 1. The second-order valence-corrected chi connectivity index (χ2v) is 5.67. The first-order chi connectivity index (χ1) is 10.6. The molecule has 0 radical (unpaired) electrons. The third-order valence-electron chi connectivity index (χ3n) is 3.96. The number of Topliss-reactive ketones (excluding diaryl/α,β-unsaturated/α-hetero) is 1. The van der Waals surface area contributed by atoms with Gasteiger partial charge in [0, 0.05) is 30.9 Å². The minimum atomic E-state index is 0.118. The highest BCUT2D eigenvalue weighted by Crippen LogP contribution is 2.24. The fourth-order valence-electron chi connectivity index (χ4n) is 2.70. The van der Waals surface area contributed by atoms with E-state index in [0.717, 1.165) is 36.6 Å². The summed E-state index contributed by atoms with van der Waals surface area (Å²) in [5.41, 5.74) is 9.73. The molecule has 0 saturated carbocycles. The first-order valence-corrected chi connectivity index (χ1v) is 7.45. The monoisotopic (exact) mass is 296 g/mol. The molecular weight excluding hydrogens is 276 g/mol. The maximum atomic E-state index is 11.4. The number of rotatable bonds is 5. The van der Waals surface area contributed by atoms with Gasteiger partial charge in [0.2, 0.25) is 0 Å². The molecule has 0 saturated heterocycles. The predicted molar refractivity (Wildman–Crippen MR) is 86.9 cm³/mol. The zero-order chi connectivity index (χ0) is 15.5. The molecule has 3 rings (SSSR count). The Morgan fingerprint density at radius 3 is 2.59 bits per heavy atom. The summed E-state index contributed by atoms with van der Waals surface area (Å²) in [5, 5.41) is 0. The van der Waals surface area contributed by atoms with Gasteiger partial charge in [0.1, 0.15) is 12.4 Å². The Kier molecular flexibility index (Phi) is 4.11. The molecule has 0 aliphatic carbocycles. The lowest BCUT2D eigenvalue weighted by Crippen LogP contribution is -2.22. The molecule has 1 aliphatic heterocycles. The number of ether oxygens (including phenoxy) is 1. The van der Waals surface area contributed by atoms with Crippen LogP contribution in [0.2, 0.25) is 0 Å². The highest BCUT2D eigenvalue weighted by molar-refractivity contribution is 5.94. The molecule has 2 aromatic carbocycles. The summed E-state index contributed by atoms with van der Waals surface area (Å²) in [6.45, 7) is 4.89. The topological polar surface area (TPSA) is 55.6 Å². The smallest absolute Gasteiger partial charge is 0.159 e. The van der Waals surface area contributed by atoms with E-state index in [1.165, 1.54) is 11.1 Å². The first-order valence-electron chi connectivity index (χ1n) is 7.45. The second-order valence-electron chi connectivity index (χ2n) is 5.67. The average molecular weight is 296 g/mol. The molecule has 4 heteroatoms. The van der Waals surface area contributed by atoms with Crippen molar-refractivity contribution in [2.45, 2.75) is 20.0 Å². The summed E-state index contributed by atoms with van der Waals surface area (Å²) in [6, 6.07) is 13.4. The van der Waals surface area contributed by atoms with E-state index in [1.54, 1.807) is 6.92 Å². The van der Waals surface area contributed by atoms with Crippen molar-refractivity contribution in [1.29, 1.82) is 0 Å². The highest BCUT2D eigenvalue weighted by atomic mass is 16.5. The maximum absolute atomic E-state index is 11.4. The molecule has 2 N–H and O–H groups in total. The largest absolute Gasteiger partial charge is 0.492 e. The molecule has 0 bridgehead atoms. The summed E-state index contributed by atoms with van der Waals surface area (Å²) < 4.78 is 5.73. The van der Waals surface area contributed by atoms with Crippen LogP contribution >= 0.6 is 0 Å². The standard InChI is InChI=1S/C18H20N2O2/c1-13(21)14-2-3-15-11-20(12-16(15)10-14)8-9-22-18-6-4-17(19)5-7-18/h2-7,10H,8-9,11-12,19H2,1H3. The van der Waals surface area contributed by atoms with Crippen LogP contribution in [-0.4, -0.2) is 23.8 Å². The van der Waals surface area contributed by atoms with Crippen LogP contribution in [-0.2, 0) is 13.1 Å². The molecule has 0 fully saturated rings. The van der Waals surface area contributed by atoms with Gasteiger partial charge in [-0.2, -0.15) is 0 Å². The number of benzene rings is 2. The lowest BCUT2D eigenvalue weighted by Gasteiger charge is -2.15. The Bertz CT molecular complexity index is 680. The van der Waals surface area contributed by atoms with Crippen molar-refractivity contribution in [3.63, 3.8) is 0 Å². The van der Waals surface area contributed by atoms with E-state index in [4.69, 9.17) is 10.5 Å². The zero-order valence-corrected chi connectivity index (χ0v) is 12.7. The molecule has 22 heavy (non-hydrogen) atoms. The van der Waals surface area contributed by atoms with Crippen LogP contribution in [0.15, 0.2) is 42.5 Å². The highest BCUT2D eigenvalue weighted by Gasteiger charge is 2.19. The van der Waals surface area contributed by atoms with E-state index < -0.39 is 0 Å². The fraction of sp³-hybridized carbons (Fsp3) is 0.278. The number of nitrogen functional groups attached to an aromatic ring is 1. The van der Waals surface area contributed by atoms with Gasteiger partial charge >= 0.3 is 0 Å². The Morgan fingerprint density at radius 1 is 1.14 bits per heavy atom. The SMILES string of the molecule is CC(=O)c1ccc2c(c1)CN(CCOc1ccc(N)cc1)C2. The van der Waals surface area contributed by atoms with Gasteiger partial charge in [0.15, 0.2) is 5.78 Å². The second kappa shape index (κ2) is 6.20. The van der Waals surface area contributed by atoms with Gasteiger partial charge in [-0.25, -0.2) is 0 Å². The first kappa shape index (κ1) is 14.6. The Morgan fingerprint density at radius 2 is 1.86 bits per heavy atom. The molecule has 1 aliphatic rings. The lowest BCUT2D eigenvalue weighted by atomic mass is 10.0. The van der Waals surface area contributed by atoms with Crippen LogP contribution in [0.25, 0.3) is 0 Å². The van der Waals surface area contributed by atoms with Gasteiger partial charge < -0.3 is 10.5 Å². The maximum Gasteiger partial charge on any atom is 0.159 e. The van der Waals surface area contributed by atoms with Gasteiger partial charge in [-0.05, 0) is 48.4 Å². The summed E-state index contributed by atoms with van der Waals surface area (Å²) in [4.78, 5) is 13.8. The summed E-state index contributed by atoms with van der Waals surface area (Å²) in [6.07, 6.45) is 0. The summed E-state index contributed by atoms with van der Waals surface area (Å²) >= 11 is 0. The van der Waals surface area contributed by atoms with E-state index in [9.17, 15) is 4.79 Å². The van der Waals surface area contributed by atoms with Crippen LogP contribution in [0.1, 0.15) is 28.4 Å². The van der Waals surface area contributed by atoms with E-state index >= 15 is 0 Å². The number of ketones is 1. The minimum Gasteiger partial charge on any atom is -0.492 e. The third kappa shape index (κ3) is 3.28. The van der Waals surface area contributed by atoms with Crippen molar-refractivity contribution in [1.82, 2.24) is 4.90 Å². The quantitative estimate of drug-likeness (QED) is 0.681. The van der Waals surface area contributed by atoms with Crippen molar-refractivity contribution >= 4 is 11.5 Å². The molecule has 0 atom stereocenters. The zero-order valence-electron chi connectivity index (χ0n) is 12.7. The molecule has 0 aromatic heterocycles. The van der Waals surface area contributed by atoms with E-state index in [1.807, 2.05) is 36.4 Å². The fourth-order valence-corrected chi connectivity index (χ4v) is 2.70. The molecule has 2 aromatic rings. The average Bonchev–Trinajstić information content (AvgIpc) is 2.91. The van der Waals surface area contributed by atoms with Crippen molar-refractivity contribution < 1.29 is 9.53 Å². The van der Waals surface area contributed by atoms with Gasteiger partial charge in [-0.3, -0.25) is 9.69 Å². The van der Waals surface area contributed by atoms with Gasteiger partial charge in [-0.15, -0.1) is 0 Å². The summed E-state index contributed by atoms with van der Waals surface area (Å²) in [7, 11) is 0. The number of anilines is 1. The molecule has 0 spiro atoms. The van der Waals surface area contributed by atoms with E-state index in [0.29, 0.717) is 6.61 Å². The summed E-state index contributed by atoms with van der Waals surface area (Å²) in [5.74, 6) is 0.956. The molecule has 1 heterocycles. The van der Waals surface area contributed by atoms with E-state index in [2.05, 4.69) is 11.0 Å². The van der Waals surface area contributed by atoms with Crippen molar-refractivity contribution in [3.8, 4) is 5.75 Å². The normalized spacial score (nSPS) is 13.9. The van der Waals surface area contributed by atoms with Crippen molar-refractivity contribution in [2.24, 2.45) is 0 Å². The number of nitrogens with two attached hydrogens (primary N) is 1. The van der Waals surface area contributed by atoms with Crippen molar-refractivity contribution in [2.75, 3.05) is 18.9 Å². The third-order valence-corrected chi connectivity index (χ3v) is 3.96. The number of carbonyl (C=O) groups is 1. The molecular formula is C18H20N2O2. The number of fused-ring (bicyclic) bond motifs is 1. The van der Waals surface area contributed by atoms with Crippen LogP contribution in [0.4, 0.5) is 5.69 Å². The number of hydrogen-bond acceptors (Lipinski definition) is 4. The van der Waals surface area contributed by atoms with Crippen molar-refractivity contribution in [3.05, 3.63) is 59.2 Å². The van der Waals surface area contributed by atoms with Crippen LogP contribution < -0.4 is 10.5 Å². The molecule has 114 valence electrons.